The molecule has 0 saturated carbocycles. The molecule has 2 atom stereocenters. The molecule has 1 aromatic heterocycles. The molecule has 3 N–H and O–H groups in total. The molecule has 3 rings (SSSR count). The number of amides is 1. The van der Waals surface area contributed by atoms with Crippen molar-refractivity contribution in [3.63, 3.8) is 0 Å². The molecule has 0 radical (unpaired) electrons. The monoisotopic (exact) mass is 320 g/mol. The molecular formula is C15H17ClN4O2. The molecule has 1 aromatic carbocycles. The highest BCUT2D eigenvalue weighted by molar-refractivity contribution is 6.30. The third kappa shape index (κ3) is 3.30. The number of hydrogen-bond acceptors (Lipinski definition) is 5. The lowest BCUT2D eigenvalue weighted by molar-refractivity contribution is 0.0910. The topological polar surface area (TPSA) is 79.2 Å². The van der Waals surface area contributed by atoms with E-state index in [1.165, 1.54) is 0 Å². The number of hydrazine groups is 1. The maximum Gasteiger partial charge on any atom is 0.289 e. The van der Waals surface area contributed by atoms with E-state index in [1.54, 1.807) is 18.2 Å². The van der Waals surface area contributed by atoms with Crippen molar-refractivity contribution in [1.82, 2.24) is 21.3 Å². The number of nitrogens with one attached hydrogen (secondary N) is 3. The summed E-state index contributed by atoms with van der Waals surface area (Å²) >= 11 is 5.95. The summed E-state index contributed by atoms with van der Waals surface area (Å²) in [7, 11) is 0. The second-order valence-corrected chi connectivity index (χ2v) is 5.81. The predicted octanol–water partition coefficient (Wildman–Crippen LogP) is 1.84. The largest absolute Gasteiger partial charge is 0.350 e. The Kier molecular flexibility index (Phi) is 4.42. The molecule has 1 aliphatic rings. The lowest BCUT2D eigenvalue weighted by atomic mass is 10.0. The molecule has 1 saturated heterocycles. The van der Waals surface area contributed by atoms with Gasteiger partial charge in [-0.1, -0.05) is 28.9 Å². The van der Waals surface area contributed by atoms with Crippen LogP contribution in [0, 0.1) is 5.92 Å². The number of nitrogens with zero attached hydrogens (tertiary/aromatic N) is 1. The van der Waals surface area contributed by atoms with Gasteiger partial charge in [0.15, 0.2) is 0 Å². The summed E-state index contributed by atoms with van der Waals surface area (Å²) in [5.41, 5.74) is 7.58. The first kappa shape index (κ1) is 15.0. The van der Waals surface area contributed by atoms with Crippen molar-refractivity contribution >= 4 is 17.5 Å². The Morgan fingerprint density at radius 3 is 3.09 bits per heavy atom. The van der Waals surface area contributed by atoms with Crippen LogP contribution in [0.25, 0.3) is 11.3 Å². The van der Waals surface area contributed by atoms with Gasteiger partial charge in [0.2, 0.25) is 5.76 Å². The molecule has 2 aromatic rings. The van der Waals surface area contributed by atoms with Gasteiger partial charge in [-0.3, -0.25) is 15.6 Å². The van der Waals surface area contributed by atoms with E-state index < -0.39 is 0 Å². The Morgan fingerprint density at radius 2 is 2.36 bits per heavy atom. The van der Waals surface area contributed by atoms with E-state index in [0.29, 0.717) is 29.2 Å². The number of halogens is 1. The molecule has 0 aliphatic carbocycles. The first-order valence-corrected chi connectivity index (χ1v) is 7.50. The zero-order valence-corrected chi connectivity index (χ0v) is 12.9. The van der Waals surface area contributed by atoms with Crippen molar-refractivity contribution in [1.29, 1.82) is 0 Å². The summed E-state index contributed by atoms with van der Waals surface area (Å²) in [5.74, 6) is 0.278. The minimum atomic E-state index is -0.264. The van der Waals surface area contributed by atoms with E-state index in [2.05, 4.69) is 28.2 Å². The maximum atomic E-state index is 12.1. The smallest absolute Gasteiger partial charge is 0.289 e. The Morgan fingerprint density at radius 1 is 1.50 bits per heavy atom. The number of rotatable bonds is 4. The van der Waals surface area contributed by atoms with Gasteiger partial charge in [-0.2, -0.15) is 0 Å². The zero-order valence-electron chi connectivity index (χ0n) is 12.1. The van der Waals surface area contributed by atoms with Gasteiger partial charge in [0.25, 0.3) is 5.91 Å². The van der Waals surface area contributed by atoms with Gasteiger partial charge in [0, 0.05) is 41.7 Å². The highest BCUT2D eigenvalue weighted by Crippen LogP contribution is 2.22. The normalized spacial score (nSPS) is 21.0. The van der Waals surface area contributed by atoms with E-state index in [4.69, 9.17) is 16.1 Å². The molecule has 0 bridgehead atoms. The number of carbonyl (C=O) groups excluding carboxylic acids is 1. The zero-order chi connectivity index (χ0) is 15.5. The van der Waals surface area contributed by atoms with Crippen LogP contribution < -0.4 is 16.2 Å². The minimum Gasteiger partial charge on any atom is -0.350 e. The van der Waals surface area contributed by atoms with Crippen molar-refractivity contribution in [2.45, 2.75) is 13.0 Å². The van der Waals surface area contributed by atoms with Crippen LogP contribution in [0.1, 0.15) is 17.5 Å². The number of hydrogen-bond donors (Lipinski definition) is 3. The van der Waals surface area contributed by atoms with Crippen LogP contribution in [-0.2, 0) is 0 Å². The fourth-order valence-corrected chi connectivity index (χ4v) is 2.56. The van der Waals surface area contributed by atoms with E-state index in [-0.39, 0.29) is 11.7 Å². The Labute approximate surface area is 133 Å². The quantitative estimate of drug-likeness (QED) is 0.801. The molecular weight excluding hydrogens is 304 g/mol. The van der Waals surface area contributed by atoms with E-state index in [1.807, 2.05) is 12.1 Å². The second kappa shape index (κ2) is 6.48. The van der Waals surface area contributed by atoms with Crippen molar-refractivity contribution < 1.29 is 9.32 Å². The summed E-state index contributed by atoms with van der Waals surface area (Å²) in [5, 5.41) is 7.41. The lowest BCUT2D eigenvalue weighted by Gasteiger charge is -2.13. The summed E-state index contributed by atoms with van der Waals surface area (Å²) in [6, 6.07) is 9.19. The second-order valence-electron chi connectivity index (χ2n) is 5.37. The molecule has 1 fully saturated rings. The van der Waals surface area contributed by atoms with Gasteiger partial charge >= 0.3 is 0 Å². The first-order valence-electron chi connectivity index (χ1n) is 7.13. The van der Waals surface area contributed by atoms with Crippen molar-refractivity contribution in [3.8, 4) is 11.3 Å². The summed E-state index contributed by atoms with van der Waals surface area (Å²) in [4.78, 5) is 12.1. The van der Waals surface area contributed by atoms with Crippen molar-refractivity contribution in [3.05, 3.63) is 41.1 Å². The molecule has 116 valence electrons. The maximum absolute atomic E-state index is 12.1. The van der Waals surface area contributed by atoms with Crippen LogP contribution >= 0.6 is 11.6 Å². The standard InChI is InChI=1S/C15H17ClN4O2/c1-9-11(8-18-19-9)7-17-15(21)14-6-13(20-22-14)10-3-2-4-12(16)5-10/h2-6,9,11,18-19H,7-8H2,1H3,(H,17,21). The first-order chi connectivity index (χ1) is 10.6. The predicted molar refractivity (Wildman–Crippen MR) is 83.4 cm³/mol. The van der Waals surface area contributed by atoms with E-state index in [9.17, 15) is 4.79 Å². The molecule has 2 heterocycles. The van der Waals surface area contributed by atoms with Crippen molar-refractivity contribution in [2.75, 3.05) is 13.1 Å². The lowest BCUT2D eigenvalue weighted by Crippen LogP contribution is -2.35. The van der Waals surface area contributed by atoms with E-state index in [0.717, 1.165) is 12.1 Å². The van der Waals surface area contributed by atoms with Crippen LogP contribution in [0.5, 0.6) is 0 Å². The Balaban J connectivity index is 1.64. The number of aromatic nitrogens is 1. The summed E-state index contributed by atoms with van der Waals surface area (Å²) < 4.78 is 5.13. The molecule has 22 heavy (non-hydrogen) atoms. The van der Waals surface area contributed by atoms with Crippen LogP contribution in [0.15, 0.2) is 34.9 Å². The third-order valence-electron chi connectivity index (χ3n) is 3.78. The molecule has 1 aliphatic heterocycles. The molecule has 1 amide bonds. The minimum absolute atomic E-state index is 0.196. The Bertz CT molecular complexity index is 673. The fraction of sp³-hybridized carbons (Fsp3) is 0.333. The van der Waals surface area contributed by atoms with Crippen LogP contribution in [0.4, 0.5) is 0 Å². The Hall–Kier alpha value is -1.89. The average molecular weight is 321 g/mol. The highest BCUT2D eigenvalue weighted by Gasteiger charge is 2.24. The summed E-state index contributed by atoms with van der Waals surface area (Å²) in [6.07, 6.45) is 0. The van der Waals surface area contributed by atoms with Gasteiger partial charge in [-0.15, -0.1) is 0 Å². The van der Waals surface area contributed by atoms with Gasteiger partial charge in [0.05, 0.1) is 0 Å². The fourth-order valence-electron chi connectivity index (χ4n) is 2.37. The SMILES string of the molecule is CC1NNCC1CNC(=O)c1cc(-c2cccc(Cl)c2)no1. The van der Waals surface area contributed by atoms with Gasteiger partial charge in [0.1, 0.15) is 5.69 Å². The summed E-state index contributed by atoms with van der Waals surface area (Å²) in [6.45, 7) is 3.47. The van der Waals surface area contributed by atoms with E-state index >= 15 is 0 Å². The number of benzene rings is 1. The van der Waals surface area contributed by atoms with Gasteiger partial charge in [-0.05, 0) is 19.1 Å². The van der Waals surface area contributed by atoms with Crippen molar-refractivity contribution in [2.24, 2.45) is 5.92 Å². The molecule has 7 heteroatoms. The highest BCUT2D eigenvalue weighted by atomic mass is 35.5. The van der Waals surface area contributed by atoms with Crippen LogP contribution in [0.3, 0.4) is 0 Å². The third-order valence-corrected chi connectivity index (χ3v) is 4.02. The average Bonchev–Trinajstić information content (AvgIpc) is 3.14. The van der Waals surface area contributed by atoms with Crippen LogP contribution in [-0.4, -0.2) is 30.2 Å². The molecule has 2 unspecified atom stereocenters. The van der Waals surface area contributed by atoms with Gasteiger partial charge < -0.3 is 9.84 Å². The van der Waals surface area contributed by atoms with Crippen LogP contribution in [0.2, 0.25) is 5.02 Å². The molecule has 0 spiro atoms. The number of carbonyl (C=O) groups is 1. The van der Waals surface area contributed by atoms with Gasteiger partial charge in [-0.25, -0.2) is 0 Å². The molecule has 6 nitrogen and oxygen atoms in total.